The summed E-state index contributed by atoms with van der Waals surface area (Å²) in [5.41, 5.74) is 2.17. The predicted molar refractivity (Wildman–Crippen MR) is 85.6 cm³/mol. The van der Waals surface area contributed by atoms with Crippen LogP contribution in [0.25, 0.3) is 0 Å². The van der Waals surface area contributed by atoms with Crippen molar-refractivity contribution in [2.24, 2.45) is 5.92 Å². The minimum absolute atomic E-state index is 0.138. The second kappa shape index (κ2) is 8.67. The fourth-order valence-corrected chi connectivity index (χ4v) is 2.49. The highest BCUT2D eigenvalue weighted by atomic mass is 16.5. The van der Waals surface area contributed by atoms with Crippen LogP contribution in [0.3, 0.4) is 0 Å². The lowest BCUT2D eigenvalue weighted by molar-refractivity contribution is 0.185. The molecule has 2 rings (SSSR count). The molecule has 2 amide bonds. The molecule has 4 nitrogen and oxygen atoms in total. The molecule has 1 fully saturated rings. The van der Waals surface area contributed by atoms with Crippen molar-refractivity contribution in [1.82, 2.24) is 5.32 Å². The number of anilines is 1. The van der Waals surface area contributed by atoms with E-state index in [1.165, 1.54) is 24.8 Å². The Morgan fingerprint density at radius 3 is 2.76 bits per heavy atom. The fourth-order valence-electron chi connectivity index (χ4n) is 2.49. The van der Waals surface area contributed by atoms with Gasteiger partial charge in [0, 0.05) is 24.8 Å². The highest BCUT2D eigenvalue weighted by molar-refractivity contribution is 5.89. The molecule has 0 aliphatic carbocycles. The molecule has 0 spiro atoms. The number of aryl methyl sites for hydroxylation is 1. The molecule has 4 heteroatoms. The van der Waals surface area contributed by atoms with Gasteiger partial charge >= 0.3 is 6.03 Å². The van der Waals surface area contributed by atoms with Crippen LogP contribution in [0.1, 0.15) is 38.2 Å². The molecule has 1 heterocycles. The van der Waals surface area contributed by atoms with Crippen LogP contribution in [-0.2, 0) is 11.2 Å². The number of benzene rings is 1. The van der Waals surface area contributed by atoms with E-state index in [2.05, 4.69) is 29.7 Å². The molecule has 21 heavy (non-hydrogen) atoms. The third kappa shape index (κ3) is 5.76. The zero-order valence-corrected chi connectivity index (χ0v) is 12.9. The SMILES string of the molecule is CCCCCc1ccc(NC(=O)NC[C@H]2CCOC2)cc1. The van der Waals surface area contributed by atoms with E-state index in [-0.39, 0.29) is 6.03 Å². The molecule has 0 aromatic heterocycles. The smallest absolute Gasteiger partial charge is 0.319 e. The van der Waals surface area contributed by atoms with Crippen molar-refractivity contribution in [3.8, 4) is 0 Å². The summed E-state index contributed by atoms with van der Waals surface area (Å²) in [6, 6.07) is 7.99. The molecule has 0 unspecified atom stereocenters. The Morgan fingerprint density at radius 2 is 2.10 bits per heavy atom. The van der Waals surface area contributed by atoms with E-state index in [9.17, 15) is 4.79 Å². The van der Waals surface area contributed by atoms with Crippen LogP contribution < -0.4 is 10.6 Å². The van der Waals surface area contributed by atoms with E-state index in [1.54, 1.807) is 0 Å². The Balaban J connectivity index is 1.70. The average Bonchev–Trinajstić information content (AvgIpc) is 3.01. The van der Waals surface area contributed by atoms with E-state index in [4.69, 9.17) is 4.74 Å². The van der Waals surface area contributed by atoms with Crippen molar-refractivity contribution in [1.29, 1.82) is 0 Å². The third-order valence-corrected chi connectivity index (χ3v) is 3.86. The zero-order valence-electron chi connectivity index (χ0n) is 12.9. The van der Waals surface area contributed by atoms with Gasteiger partial charge in [-0.1, -0.05) is 31.9 Å². The highest BCUT2D eigenvalue weighted by Crippen LogP contribution is 2.13. The average molecular weight is 290 g/mol. The maximum Gasteiger partial charge on any atom is 0.319 e. The molecule has 1 aliphatic rings. The molecular weight excluding hydrogens is 264 g/mol. The van der Waals surface area contributed by atoms with Gasteiger partial charge in [0.25, 0.3) is 0 Å². The van der Waals surface area contributed by atoms with Crippen LogP contribution in [0, 0.1) is 5.92 Å². The number of hydrogen-bond acceptors (Lipinski definition) is 2. The molecule has 0 bridgehead atoms. The van der Waals surface area contributed by atoms with E-state index < -0.39 is 0 Å². The third-order valence-electron chi connectivity index (χ3n) is 3.86. The Morgan fingerprint density at radius 1 is 1.29 bits per heavy atom. The number of unbranched alkanes of at least 4 members (excludes halogenated alkanes) is 2. The van der Waals surface area contributed by atoms with Gasteiger partial charge in [-0.2, -0.15) is 0 Å². The van der Waals surface area contributed by atoms with Gasteiger partial charge in [-0.05, 0) is 37.0 Å². The first-order chi connectivity index (χ1) is 10.3. The molecule has 1 aromatic rings. The molecule has 1 aliphatic heterocycles. The van der Waals surface area contributed by atoms with Crippen LogP contribution in [0.15, 0.2) is 24.3 Å². The van der Waals surface area contributed by atoms with Crippen molar-refractivity contribution in [2.75, 3.05) is 25.1 Å². The van der Waals surface area contributed by atoms with Crippen molar-refractivity contribution in [2.45, 2.75) is 39.0 Å². The number of ether oxygens (including phenoxy) is 1. The number of hydrogen-bond donors (Lipinski definition) is 2. The minimum atomic E-state index is -0.138. The standard InChI is InChI=1S/C17H26N2O2/c1-2-3-4-5-14-6-8-16(9-7-14)19-17(20)18-12-15-10-11-21-13-15/h6-9,15H,2-5,10-13H2,1H3,(H2,18,19,20)/t15-/m1/s1. The Kier molecular flexibility index (Phi) is 6.54. The van der Waals surface area contributed by atoms with Crippen molar-refractivity contribution in [3.63, 3.8) is 0 Å². The van der Waals surface area contributed by atoms with Crippen LogP contribution in [0.4, 0.5) is 10.5 Å². The topological polar surface area (TPSA) is 50.4 Å². The molecule has 1 aromatic carbocycles. The summed E-state index contributed by atoms with van der Waals surface area (Å²) in [5, 5.41) is 5.77. The fraction of sp³-hybridized carbons (Fsp3) is 0.588. The largest absolute Gasteiger partial charge is 0.381 e. The van der Waals surface area contributed by atoms with Gasteiger partial charge in [0.15, 0.2) is 0 Å². The number of amides is 2. The van der Waals surface area contributed by atoms with Crippen LogP contribution in [-0.4, -0.2) is 25.8 Å². The summed E-state index contributed by atoms with van der Waals surface area (Å²) in [4.78, 5) is 11.8. The maximum absolute atomic E-state index is 11.8. The van der Waals surface area contributed by atoms with Crippen molar-refractivity contribution < 1.29 is 9.53 Å². The Hall–Kier alpha value is -1.55. The zero-order chi connectivity index (χ0) is 14.9. The number of urea groups is 1. The summed E-state index contributed by atoms with van der Waals surface area (Å²) < 4.78 is 5.29. The van der Waals surface area contributed by atoms with Gasteiger partial charge in [0.2, 0.25) is 0 Å². The lowest BCUT2D eigenvalue weighted by atomic mass is 10.1. The second-order valence-corrected chi connectivity index (χ2v) is 5.72. The van der Waals surface area contributed by atoms with Gasteiger partial charge in [-0.3, -0.25) is 0 Å². The van der Waals surface area contributed by atoms with Crippen LogP contribution >= 0.6 is 0 Å². The van der Waals surface area contributed by atoms with Crippen LogP contribution in [0.2, 0.25) is 0 Å². The molecule has 1 atom stereocenters. The molecule has 0 saturated carbocycles. The van der Waals surface area contributed by atoms with E-state index >= 15 is 0 Å². The molecule has 2 N–H and O–H groups in total. The van der Waals surface area contributed by atoms with E-state index in [1.807, 2.05) is 12.1 Å². The Bertz CT molecular complexity index is 425. The van der Waals surface area contributed by atoms with Crippen molar-refractivity contribution >= 4 is 11.7 Å². The number of rotatable bonds is 7. The summed E-state index contributed by atoms with van der Waals surface area (Å²) in [5.74, 6) is 0.455. The summed E-state index contributed by atoms with van der Waals surface area (Å²) in [7, 11) is 0. The van der Waals surface area contributed by atoms with Crippen molar-refractivity contribution in [3.05, 3.63) is 29.8 Å². The first-order valence-corrected chi connectivity index (χ1v) is 7.99. The normalized spacial score (nSPS) is 17.7. The van der Waals surface area contributed by atoms with Gasteiger partial charge < -0.3 is 15.4 Å². The van der Waals surface area contributed by atoms with E-state index in [0.717, 1.165) is 31.7 Å². The number of carbonyl (C=O) groups is 1. The van der Waals surface area contributed by atoms with Gasteiger partial charge in [-0.25, -0.2) is 4.79 Å². The first-order valence-electron chi connectivity index (χ1n) is 7.99. The molecule has 0 radical (unpaired) electrons. The summed E-state index contributed by atoms with van der Waals surface area (Å²) >= 11 is 0. The second-order valence-electron chi connectivity index (χ2n) is 5.72. The maximum atomic E-state index is 11.8. The number of carbonyl (C=O) groups excluding carboxylic acids is 1. The summed E-state index contributed by atoms with van der Waals surface area (Å²) in [6.07, 6.45) is 5.89. The molecule has 1 saturated heterocycles. The summed E-state index contributed by atoms with van der Waals surface area (Å²) in [6.45, 7) is 4.46. The lowest BCUT2D eigenvalue weighted by Crippen LogP contribution is -2.33. The Labute approximate surface area is 127 Å². The van der Waals surface area contributed by atoms with E-state index in [0.29, 0.717) is 12.5 Å². The van der Waals surface area contributed by atoms with Gasteiger partial charge in [0.1, 0.15) is 0 Å². The molecular formula is C17H26N2O2. The number of nitrogens with one attached hydrogen (secondary N) is 2. The minimum Gasteiger partial charge on any atom is -0.381 e. The lowest BCUT2D eigenvalue weighted by Gasteiger charge is -2.11. The van der Waals surface area contributed by atoms with Gasteiger partial charge in [-0.15, -0.1) is 0 Å². The predicted octanol–water partition coefficient (Wildman–Crippen LogP) is 3.58. The molecule has 116 valence electrons. The quantitative estimate of drug-likeness (QED) is 0.754. The first kappa shape index (κ1) is 15.8. The van der Waals surface area contributed by atoms with Gasteiger partial charge in [0.05, 0.1) is 6.61 Å². The van der Waals surface area contributed by atoms with Crippen LogP contribution in [0.5, 0.6) is 0 Å². The monoisotopic (exact) mass is 290 g/mol. The highest BCUT2D eigenvalue weighted by Gasteiger charge is 2.16.